The van der Waals surface area contributed by atoms with E-state index in [1.165, 1.54) is 4.90 Å². The molecule has 0 atom stereocenters. The molecule has 1 fully saturated rings. The Balaban J connectivity index is 1.29. The van der Waals surface area contributed by atoms with Gasteiger partial charge in [0.2, 0.25) is 0 Å². The van der Waals surface area contributed by atoms with Crippen LogP contribution in [0.25, 0.3) is 10.9 Å². The number of pyridine rings is 1. The Labute approximate surface area is 217 Å². The maximum absolute atomic E-state index is 10.3. The third-order valence-corrected chi connectivity index (χ3v) is 8.61. The SMILES string of the molecule is COc1ccc2ncc(Cl)c(CCCC3(CO)CCN(CCSc4ccccc4OC)CC3)c2c1. The number of rotatable bonds is 11. The zero-order chi connectivity index (χ0) is 24.7. The first-order chi connectivity index (χ1) is 17.1. The summed E-state index contributed by atoms with van der Waals surface area (Å²) in [5.74, 6) is 2.78. The first-order valence-corrected chi connectivity index (χ1v) is 13.6. The smallest absolute Gasteiger partial charge is 0.132 e. The molecule has 0 radical (unpaired) electrons. The molecule has 0 saturated carbocycles. The minimum absolute atomic E-state index is 0.000701. The Kier molecular flexibility index (Phi) is 9.17. The van der Waals surface area contributed by atoms with Crippen LogP contribution < -0.4 is 9.47 Å². The lowest BCUT2D eigenvalue weighted by atomic mass is 9.75. The van der Waals surface area contributed by atoms with Crippen LogP contribution in [-0.4, -0.2) is 61.2 Å². The molecule has 1 aliphatic heterocycles. The highest BCUT2D eigenvalue weighted by Crippen LogP contribution is 2.38. The highest BCUT2D eigenvalue weighted by Gasteiger charge is 2.33. The van der Waals surface area contributed by atoms with Gasteiger partial charge in [0.1, 0.15) is 11.5 Å². The molecule has 2 aromatic carbocycles. The number of para-hydroxylation sites is 1. The van der Waals surface area contributed by atoms with E-state index in [9.17, 15) is 5.11 Å². The molecule has 3 aromatic rings. The summed E-state index contributed by atoms with van der Waals surface area (Å²) >= 11 is 8.40. The zero-order valence-corrected chi connectivity index (χ0v) is 22.2. The molecule has 2 heterocycles. The summed E-state index contributed by atoms with van der Waals surface area (Å²) in [4.78, 5) is 8.18. The van der Waals surface area contributed by atoms with Crippen LogP contribution in [0.15, 0.2) is 53.6 Å². The number of halogens is 1. The third-order valence-electron chi connectivity index (χ3n) is 7.25. The summed E-state index contributed by atoms with van der Waals surface area (Å²) in [7, 11) is 3.40. The van der Waals surface area contributed by atoms with Gasteiger partial charge in [-0.2, -0.15) is 0 Å². The van der Waals surface area contributed by atoms with E-state index in [0.717, 1.165) is 85.5 Å². The lowest BCUT2D eigenvalue weighted by Crippen LogP contribution is -2.42. The lowest BCUT2D eigenvalue weighted by Gasteiger charge is -2.41. The summed E-state index contributed by atoms with van der Waals surface area (Å²) in [6.07, 6.45) is 6.65. The molecule has 1 aromatic heterocycles. The summed E-state index contributed by atoms with van der Waals surface area (Å²) in [6, 6.07) is 14.1. The number of ether oxygens (including phenoxy) is 2. The summed E-state index contributed by atoms with van der Waals surface area (Å²) in [5.41, 5.74) is 2.05. The molecular weight excluding hydrogens is 480 g/mol. The van der Waals surface area contributed by atoms with Crippen LogP contribution in [0.2, 0.25) is 5.02 Å². The second-order valence-electron chi connectivity index (χ2n) is 9.32. The van der Waals surface area contributed by atoms with Crippen LogP contribution in [0.1, 0.15) is 31.2 Å². The van der Waals surface area contributed by atoms with Crippen molar-refractivity contribution in [3.63, 3.8) is 0 Å². The fourth-order valence-electron chi connectivity index (χ4n) is 4.98. The Morgan fingerprint density at radius 1 is 1.11 bits per heavy atom. The van der Waals surface area contributed by atoms with E-state index in [4.69, 9.17) is 21.1 Å². The molecule has 1 saturated heterocycles. The van der Waals surface area contributed by atoms with Crippen LogP contribution >= 0.6 is 23.4 Å². The quantitative estimate of drug-likeness (QED) is 0.312. The molecule has 35 heavy (non-hydrogen) atoms. The number of hydrogen-bond acceptors (Lipinski definition) is 6. The topological polar surface area (TPSA) is 54.8 Å². The van der Waals surface area contributed by atoms with Crippen LogP contribution in [0.3, 0.4) is 0 Å². The molecule has 188 valence electrons. The first-order valence-electron chi connectivity index (χ1n) is 12.3. The number of aliphatic hydroxyl groups is 1. The number of nitrogens with zero attached hydrogens (tertiary/aromatic N) is 2. The minimum atomic E-state index is -0.000701. The number of fused-ring (bicyclic) bond motifs is 1. The predicted octanol–water partition coefficient (Wildman–Crippen LogP) is 6.09. The van der Waals surface area contributed by atoms with E-state index in [1.54, 1.807) is 20.4 Å². The fourth-order valence-corrected chi connectivity index (χ4v) is 6.27. The molecule has 0 aliphatic carbocycles. The molecular formula is C28H35ClN2O3S. The largest absolute Gasteiger partial charge is 0.497 e. The van der Waals surface area contributed by atoms with Gasteiger partial charge in [0.15, 0.2) is 0 Å². The number of aliphatic hydroxyl groups excluding tert-OH is 1. The summed E-state index contributed by atoms with van der Waals surface area (Å²) in [6.45, 7) is 3.35. The van der Waals surface area contributed by atoms with E-state index in [-0.39, 0.29) is 12.0 Å². The predicted molar refractivity (Wildman–Crippen MR) is 145 cm³/mol. The number of benzene rings is 2. The Morgan fingerprint density at radius 3 is 2.66 bits per heavy atom. The number of hydrogen-bond donors (Lipinski definition) is 1. The van der Waals surface area contributed by atoms with Crippen LogP contribution in [-0.2, 0) is 6.42 Å². The monoisotopic (exact) mass is 514 g/mol. The van der Waals surface area contributed by atoms with E-state index in [2.05, 4.69) is 22.0 Å². The van der Waals surface area contributed by atoms with Crippen molar-refractivity contribution < 1.29 is 14.6 Å². The number of likely N-dealkylation sites (tertiary alicyclic amines) is 1. The first kappa shape index (κ1) is 26.1. The highest BCUT2D eigenvalue weighted by atomic mass is 35.5. The third kappa shape index (κ3) is 6.42. The molecule has 0 spiro atoms. The molecule has 1 N–H and O–H groups in total. The highest BCUT2D eigenvalue weighted by molar-refractivity contribution is 7.99. The van der Waals surface area contributed by atoms with Gasteiger partial charge in [-0.15, -0.1) is 11.8 Å². The fraction of sp³-hybridized carbons (Fsp3) is 0.464. The maximum atomic E-state index is 10.3. The Hall–Kier alpha value is -1.99. The molecule has 7 heteroatoms. The van der Waals surface area contributed by atoms with Gasteiger partial charge in [0.05, 0.1) is 24.8 Å². The zero-order valence-electron chi connectivity index (χ0n) is 20.6. The summed E-state index contributed by atoms with van der Waals surface area (Å²) in [5, 5.41) is 12.1. The van der Waals surface area contributed by atoms with Gasteiger partial charge in [-0.25, -0.2) is 0 Å². The van der Waals surface area contributed by atoms with Gasteiger partial charge >= 0.3 is 0 Å². The molecule has 5 nitrogen and oxygen atoms in total. The van der Waals surface area contributed by atoms with Gasteiger partial charge in [-0.1, -0.05) is 23.7 Å². The van der Waals surface area contributed by atoms with Crippen LogP contribution in [0.5, 0.6) is 11.5 Å². The minimum Gasteiger partial charge on any atom is -0.497 e. The second kappa shape index (κ2) is 12.3. The van der Waals surface area contributed by atoms with E-state index in [0.29, 0.717) is 5.02 Å². The van der Waals surface area contributed by atoms with Gasteiger partial charge < -0.3 is 19.5 Å². The van der Waals surface area contributed by atoms with Gasteiger partial charge in [-0.05, 0) is 86.5 Å². The van der Waals surface area contributed by atoms with Crippen molar-refractivity contribution in [3.05, 3.63) is 59.2 Å². The Morgan fingerprint density at radius 2 is 1.91 bits per heavy atom. The van der Waals surface area contributed by atoms with Gasteiger partial charge in [0, 0.05) is 35.4 Å². The average Bonchev–Trinajstić information content (AvgIpc) is 2.91. The van der Waals surface area contributed by atoms with Crippen molar-refractivity contribution >= 4 is 34.3 Å². The molecule has 0 unspecified atom stereocenters. The average molecular weight is 515 g/mol. The van der Waals surface area contributed by atoms with Crippen molar-refractivity contribution in [1.29, 1.82) is 0 Å². The van der Waals surface area contributed by atoms with Gasteiger partial charge in [0.25, 0.3) is 0 Å². The van der Waals surface area contributed by atoms with E-state index in [1.807, 2.05) is 42.1 Å². The number of piperidine rings is 1. The number of methoxy groups -OCH3 is 2. The van der Waals surface area contributed by atoms with Gasteiger partial charge in [-0.3, -0.25) is 4.98 Å². The standard InChI is InChI=1S/C28H35ClN2O3S/c1-33-21-9-10-25-23(18-21)22(24(29)19-30-25)6-5-11-28(20-32)12-14-31(15-13-28)16-17-35-27-8-4-3-7-26(27)34-2/h3-4,7-10,18-19,32H,5-6,11-17,20H2,1-2H3. The molecule has 0 bridgehead atoms. The maximum Gasteiger partial charge on any atom is 0.132 e. The van der Waals surface area contributed by atoms with Crippen molar-refractivity contribution in [2.75, 3.05) is 46.2 Å². The van der Waals surface area contributed by atoms with Crippen molar-refractivity contribution in [2.45, 2.75) is 37.0 Å². The molecule has 1 aliphatic rings. The van der Waals surface area contributed by atoms with E-state index < -0.39 is 0 Å². The van der Waals surface area contributed by atoms with Crippen molar-refractivity contribution in [2.24, 2.45) is 5.41 Å². The van der Waals surface area contributed by atoms with E-state index >= 15 is 0 Å². The lowest BCUT2D eigenvalue weighted by molar-refractivity contribution is 0.0378. The Bertz CT molecular complexity index is 1120. The summed E-state index contributed by atoms with van der Waals surface area (Å²) < 4.78 is 10.9. The number of thioether (sulfide) groups is 1. The van der Waals surface area contributed by atoms with Crippen molar-refractivity contribution in [1.82, 2.24) is 9.88 Å². The molecule has 0 amide bonds. The number of aromatic nitrogens is 1. The second-order valence-corrected chi connectivity index (χ2v) is 10.9. The normalized spacial score (nSPS) is 15.9. The number of aryl methyl sites for hydroxylation is 1. The molecule has 4 rings (SSSR count). The van der Waals surface area contributed by atoms with Crippen LogP contribution in [0.4, 0.5) is 0 Å². The van der Waals surface area contributed by atoms with Crippen molar-refractivity contribution in [3.8, 4) is 11.5 Å². The van der Waals surface area contributed by atoms with Crippen LogP contribution in [0, 0.1) is 5.41 Å².